The topological polar surface area (TPSA) is 57.7 Å². The molecule has 0 unspecified atom stereocenters. The summed E-state index contributed by atoms with van der Waals surface area (Å²) in [4.78, 5) is 17.2. The number of carbonyl (C=O) groups excluding carboxylic acids is 1. The summed E-state index contributed by atoms with van der Waals surface area (Å²) >= 11 is 0. The van der Waals surface area contributed by atoms with Crippen LogP contribution < -0.4 is 0 Å². The minimum atomic E-state index is -3.20. The first-order chi connectivity index (χ1) is 13.7. The van der Waals surface area contributed by atoms with Crippen molar-refractivity contribution in [3.63, 3.8) is 0 Å². The van der Waals surface area contributed by atoms with E-state index in [0.29, 0.717) is 24.4 Å². The summed E-state index contributed by atoms with van der Waals surface area (Å²) in [7, 11) is -3.20. The van der Waals surface area contributed by atoms with Crippen LogP contribution in [0.2, 0.25) is 0 Å². The average molecular weight is 417 g/mol. The van der Waals surface area contributed by atoms with E-state index in [4.69, 9.17) is 0 Å². The Bertz CT molecular complexity index is 1040. The first kappa shape index (κ1) is 20.0. The lowest BCUT2D eigenvalue weighted by Crippen LogP contribution is -2.36. The minimum Gasteiger partial charge on any atom is -0.334 e. The van der Waals surface area contributed by atoms with Gasteiger partial charge in [-0.15, -0.1) is 0 Å². The number of benzene rings is 2. The molecule has 1 amide bonds. The second-order valence-corrected chi connectivity index (χ2v) is 10.1. The molecule has 0 bridgehead atoms. The molecule has 5 nitrogen and oxygen atoms in total. The highest BCUT2D eigenvalue weighted by atomic mass is 32.2. The van der Waals surface area contributed by atoms with E-state index in [1.807, 2.05) is 24.0 Å². The van der Waals surface area contributed by atoms with Crippen LogP contribution in [0.5, 0.6) is 0 Å². The van der Waals surface area contributed by atoms with Gasteiger partial charge in [0.15, 0.2) is 9.84 Å². The molecule has 2 aliphatic rings. The van der Waals surface area contributed by atoms with Crippen molar-refractivity contribution < 1.29 is 17.6 Å². The molecule has 2 aromatic rings. The zero-order chi connectivity index (χ0) is 20.8. The van der Waals surface area contributed by atoms with Gasteiger partial charge >= 0.3 is 0 Å². The van der Waals surface area contributed by atoms with E-state index in [-0.39, 0.29) is 23.8 Å². The predicted octanol–water partition coefficient (Wildman–Crippen LogP) is 2.91. The second kappa shape index (κ2) is 7.54. The molecule has 4 rings (SSSR count). The Hall–Kier alpha value is -2.25. The third kappa shape index (κ3) is 4.07. The molecule has 2 aliphatic heterocycles. The molecule has 0 N–H and O–H groups in total. The number of rotatable bonds is 5. The molecule has 2 aromatic carbocycles. The highest BCUT2D eigenvalue weighted by molar-refractivity contribution is 7.90. The number of hydrogen-bond donors (Lipinski definition) is 0. The van der Waals surface area contributed by atoms with E-state index < -0.39 is 9.84 Å². The van der Waals surface area contributed by atoms with E-state index in [2.05, 4.69) is 4.90 Å². The Morgan fingerprint density at radius 2 is 1.79 bits per heavy atom. The van der Waals surface area contributed by atoms with Crippen LogP contribution in [0, 0.1) is 12.7 Å². The van der Waals surface area contributed by atoms with Crippen LogP contribution in [-0.2, 0) is 27.7 Å². The SMILES string of the molecule is Cc1ccc(F)cc1CN1C(=O)C[C@H]2[C@@H]1CCN2Cc1ccc(S(C)(=O)=O)cc1. The minimum absolute atomic E-state index is 0.112. The van der Waals surface area contributed by atoms with Crippen LogP contribution in [0.25, 0.3) is 0 Å². The van der Waals surface area contributed by atoms with Crippen molar-refractivity contribution in [2.24, 2.45) is 0 Å². The van der Waals surface area contributed by atoms with Crippen molar-refractivity contribution in [3.05, 3.63) is 65.0 Å². The molecule has 2 fully saturated rings. The molecule has 154 valence electrons. The first-order valence-electron chi connectivity index (χ1n) is 9.80. The Morgan fingerprint density at radius 3 is 2.48 bits per heavy atom. The van der Waals surface area contributed by atoms with Crippen LogP contribution in [0.3, 0.4) is 0 Å². The van der Waals surface area contributed by atoms with Gasteiger partial charge in [-0.3, -0.25) is 9.69 Å². The molecule has 0 radical (unpaired) electrons. The number of sulfone groups is 1. The van der Waals surface area contributed by atoms with Crippen molar-refractivity contribution in [2.45, 2.75) is 49.8 Å². The van der Waals surface area contributed by atoms with Gasteiger partial charge in [-0.05, 0) is 54.3 Å². The largest absolute Gasteiger partial charge is 0.334 e. The standard InChI is InChI=1S/C22H25FN2O3S/c1-15-3-6-18(23)11-17(15)14-25-20-9-10-24(21(20)12-22(25)26)13-16-4-7-19(8-5-16)29(2,27)28/h3-8,11,20-21H,9-10,12-14H2,1-2H3/t20-,21-/m0/s1. The molecular weight excluding hydrogens is 391 g/mol. The Kier molecular flexibility index (Phi) is 5.21. The summed E-state index contributed by atoms with van der Waals surface area (Å²) in [5.74, 6) is -0.167. The molecule has 2 heterocycles. The fourth-order valence-corrected chi connectivity index (χ4v) is 5.11. The van der Waals surface area contributed by atoms with E-state index in [0.717, 1.165) is 29.7 Å². The first-order valence-corrected chi connectivity index (χ1v) is 11.7. The fourth-order valence-electron chi connectivity index (χ4n) is 4.48. The molecule has 0 saturated carbocycles. The van der Waals surface area contributed by atoms with Crippen LogP contribution in [0.4, 0.5) is 4.39 Å². The molecular formula is C22H25FN2O3S. The monoisotopic (exact) mass is 416 g/mol. The van der Waals surface area contributed by atoms with Gasteiger partial charge in [-0.25, -0.2) is 12.8 Å². The Labute approximate surface area is 171 Å². The van der Waals surface area contributed by atoms with Crippen LogP contribution >= 0.6 is 0 Å². The summed E-state index contributed by atoms with van der Waals surface area (Å²) in [6.07, 6.45) is 2.57. The highest BCUT2D eigenvalue weighted by Crippen LogP contribution is 2.35. The summed E-state index contributed by atoms with van der Waals surface area (Å²) in [5, 5.41) is 0. The average Bonchev–Trinajstić information content (AvgIpc) is 3.18. The lowest BCUT2D eigenvalue weighted by molar-refractivity contribution is -0.129. The number of likely N-dealkylation sites (tertiary alicyclic amines) is 2. The van der Waals surface area contributed by atoms with E-state index in [1.165, 1.54) is 18.4 Å². The number of nitrogens with zero attached hydrogens (tertiary/aromatic N) is 2. The van der Waals surface area contributed by atoms with Gasteiger partial charge in [-0.2, -0.15) is 0 Å². The van der Waals surface area contributed by atoms with Gasteiger partial charge in [0.2, 0.25) is 5.91 Å². The summed E-state index contributed by atoms with van der Waals surface area (Å²) in [6, 6.07) is 12.0. The molecule has 7 heteroatoms. The number of carbonyl (C=O) groups is 1. The zero-order valence-electron chi connectivity index (χ0n) is 16.6. The quantitative estimate of drug-likeness (QED) is 0.752. The maximum Gasteiger partial charge on any atom is 0.224 e. The molecule has 29 heavy (non-hydrogen) atoms. The lowest BCUT2D eigenvalue weighted by atomic mass is 10.1. The van der Waals surface area contributed by atoms with E-state index in [9.17, 15) is 17.6 Å². The molecule has 0 aromatic heterocycles. The maximum absolute atomic E-state index is 13.6. The molecule has 2 atom stereocenters. The van der Waals surface area contributed by atoms with Crippen molar-refractivity contribution >= 4 is 15.7 Å². The van der Waals surface area contributed by atoms with Crippen molar-refractivity contribution in [1.82, 2.24) is 9.80 Å². The van der Waals surface area contributed by atoms with Gasteiger partial charge in [0, 0.05) is 44.4 Å². The number of halogens is 1. The van der Waals surface area contributed by atoms with Crippen molar-refractivity contribution in [1.29, 1.82) is 0 Å². The fraction of sp³-hybridized carbons (Fsp3) is 0.409. The van der Waals surface area contributed by atoms with Crippen LogP contribution in [0.15, 0.2) is 47.4 Å². The zero-order valence-corrected chi connectivity index (χ0v) is 17.5. The Morgan fingerprint density at radius 1 is 1.07 bits per heavy atom. The molecule has 0 spiro atoms. The summed E-state index contributed by atoms with van der Waals surface area (Å²) in [6.45, 7) is 3.95. The lowest BCUT2D eigenvalue weighted by Gasteiger charge is -2.26. The predicted molar refractivity (Wildman–Crippen MR) is 108 cm³/mol. The van der Waals surface area contributed by atoms with E-state index in [1.54, 1.807) is 18.2 Å². The number of amides is 1. The van der Waals surface area contributed by atoms with Crippen molar-refractivity contribution in [2.75, 3.05) is 12.8 Å². The summed E-state index contributed by atoms with van der Waals surface area (Å²) in [5.41, 5.74) is 2.88. The molecule has 2 saturated heterocycles. The number of aryl methyl sites for hydroxylation is 1. The third-order valence-corrected chi connectivity index (χ3v) is 7.25. The third-order valence-electron chi connectivity index (χ3n) is 6.12. The summed E-state index contributed by atoms with van der Waals surface area (Å²) < 4.78 is 36.9. The Balaban J connectivity index is 1.46. The van der Waals surface area contributed by atoms with Crippen molar-refractivity contribution in [3.8, 4) is 0 Å². The van der Waals surface area contributed by atoms with Gasteiger partial charge in [0.1, 0.15) is 5.82 Å². The second-order valence-electron chi connectivity index (χ2n) is 8.11. The smallest absolute Gasteiger partial charge is 0.224 e. The van der Waals surface area contributed by atoms with Gasteiger partial charge < -0.3 is 4.90 Å². The van der Waals surface area contributed by atoms with Gasteiger partial charge in [0.25, 0.3) is 0 Å². The molecule has 0 aliphatic carbocycles. The normalized spacial score (nSPS) is 22.3. The number of hydrogen-bond acceptors (Lipinski definition) is 4. The van der Waals surface area contributed by atoms with Gasteiger partial charge in [-0.1, -0.05) is 18.2 Å². The number of fused-ring (bicyclic) bond motifs is 1. The van der Waals surface area contributed by atoms with Crippen LogP contribution in [0.1, 0.15) is 29.5 Å². The van der Waals surface area contributed by atoms with E-state index >= 15 is 0 Å². The maximum atomic E-state index is 13.6. The van der Waals surface area contributed by atoms with Crippen LogP contribution in [-0.4, -0.2) is 49.0 Å². The highest BCUT2D eigenvalue weighted by Gasteiger charge is 2.46. The van der Waals surface area contributed by atoms with Gasteiger partial charge in [0.05, 0.1) is 4.90 Å².